The molecule has 0 aliphatic carbocycles. The molecule has 4 rings (SSSR count). The molecule has 2 aromatic carbocycles. The van der Waals surface area contributed by atoms with E-state index in [0.29, 0.717) is 18.8 Å². The number of carbonyl (C=O) groups is 1. The second-order valence-corrected chi connectivity index (χ2v) is 7.08. The minimum Gasteiger partial charge on any atom is -0.383 e. The summed E-state index contributed by atoms with van der Waals surface area (Å²) in [5.41, 5.74) is 1.53. The highest BCUT2D eigenvalue weighted by molar-refractivity contribution is 7.17. The van der Waals surface area contributed by atoms with Crippen LogP contribution in [-0.2, 0) is 0 Å². The molecule has 0 aliphatic rings. The molecule has 0 atom stereocenters. The van der Waals surface area contributed by atoms with Gasteiger partial charge in [-0.3, -0.25) is 9.20 Å². The van der Waals surface area contributed by atoms with Crippen LogP contribution < -0.4 is 10.6 Å². The quantitative estimate of drug-likeness (QED) is 0.540. The van der Waals surface area contributed by atoms with Gasteiger partial charge < -0.3 is 10.6 Å². The zero-order valence-electron chi connectivity index (χ0n) is 13.8. The maximum atomic E-state index is 12.2. The summed E-state index contributed by atoms with van der Waals surface area (Å²) >= 11 is 1.58. The van der Waals surface area contributed by atoms with Crippen molar-refractivity contribution in [1.29, 1.82) is 0 Å². The number of imidazole rings is 1. The van der Waals surface area contributed by atoms with Gasteiger partial charge in [0.1, 0.15) is 5.69 Å². The maximum Gasteiger partial charge on any atom is 0.271 e. The first-order valence-corrected chi connectivity index (χ1v) is 8.97. The van der Waals surface area contributed by atoms with Gasteiger partial charge in [-0.05, 0) is 18.4 Å². The minimum absolute atomic E-state index is 0.145. The number of nitrogens with zero attached hydrogens (tertiary/aromatic N) is 2. The third kappa shape index (κ3) is 3.21. The number of nitrogens with one attached hydrogen (secondary N) is 2. The molecule has 1 amide bonds. The van der Waals surface area contributed by atoms with Gasteiger partial charge in [-0.2, -0.15) is 0 Å². The van der Waals surface area contributed by atoms with E-state index in [1.165, 1.54) is 15.6 Å². The fraction of sp³-hybridized carbons (Fsp3) is 0.158. The topological polar surface area (TPSA) is 58.4 Å². The van der Waals surface area contributed by atoms with Gasteiger partial charge in [-0.25, -0.2) is 4.98 Å². The van der Waals surface area contributed by atoms with Gasteiger partial charge in [-0.15, -0.1) is 11.3 Å². The Kier molecular flexibility index (Phi) is 4.11. The first-order chi connectivity index (χ1) is 12.2. The predicted molar refractivity (Wildman–Crippen MR) is 103 cm³/mol. The van der Waals surface area contributed by atoms with E-state index in [9.17, 15) is 4.79 Å². The van der Waals surface area contributed by atoms with E-state index in [0.717, 1.165) is 10.6 Å². The van der Waals surface area contributed by atoms with Crippen LogP contribution in [0.2, 0.25) is 0 Å². The number of carbonyl (C=O) groups excluding carboxylic acids is 1. The molecule has 0 saturated heterocycles. The molecule has 0 fully saturated rings. The molecule has 0 spiro atoms. The summed E-state index contributed by atoms with van der Waals surface area (Å²) in [6.45, 7) is 3.21. The van der Waals surface area contributed by atoms with Crippen molar-refractivity contribution in [3.05, 3.63) is 65.4 Å². The lowest BCUT2D eigenvalue weighted by molar-refractivity contribution is 0.0951. The van der Waals surface area contributed by atoms with Crippen LogP contribution in [0.5, 0.6) is 0 Å². The molecule has 0 radical (unpaired) electrons. The Hall–Kier alpha value is -2.86. The maximum absolute atomic E-state index is 12.2. The summed E-state index contributed by atoms with van der Waals surface area (Å²) in [6, 6.07) is 14.4. The van der Waals surface area contributed by atoms with Gasteiger partial charge in [0.05, 0.1) is 0 Å². The number of hydrogen-bond acceptors (Lipinski definition) is 4. The average Bonchev–Trinajstić information content (AvgIpc) is 3.16. The largest absolute Gasteiger partial charge is 0.383 e. The summed E-state index contributed by atoms with van der Waals surface area (Å²) in [6.07, 6.45) is 3.75. The Morgan fingerprint density at radius 1 is 1.12 bits per heavy atom. The molecule has 0 saturated carbocycles. The zero-order valence-corrected chi connectivity index (χ0v) is 14.6. The molecule has 0 aliphatic heterocycles. The summed E-state index contributed by atoms with van der Waals surface area (Å²) in [5.74, 6) is -0.145. The number of amides is 1. The van der Waals surface area contributed by atoms with Crippen molar-refractivity contribution in [2.75, 3.05) is 18.4 Å². The van der Waals surface area contributed by atoms with E-state index >= 15 is 0 Å². The Morgan fingerprint density at radius 2 is 1.96 bits per heavy atom. The van der Waals surface area contributed by atoms with Crippen LogP contribution in [0.4, 0.5) is 5.69 Å². The molecule has 2 aromatic heterocycles. The number of aryl methyl sites for hydroxylation is 1. The summed E-state index contributed by atoms with van der Waals surface area (Å²) in [5, 5.41) is 8.68. The molecule has 5 nitrogen and oxygen atoms in total. The van der Waals surface area contributed by atoms with E-state index in [1.54, 1.807) is 17.5 Å². The van der Waals surface area contributed by atoms with E-state index in [2.05, 4.69) is 39.9 Å². The lowest BCUT2D eigenvalue weighted by Crippen LogP contribution is -2.29. The number of rotatable bonds is 5. The van der Waals surface area contributed by atoms with Crippen molar-refractivity contribution in [2.24, 2.45) is 0 Å². The number of aromatic nitrogens is 2. The van der Waals surface area contributed by atoms with Gasteiger partial charge >= 0.3 is 0 Å². The van der Waals surface area contributed by atoms with Crippen LogP contribution >= 0.6 is 11.3 Å². The molecular weight excluding hydrogens is 332 g/mol. The smallest absolute Gasteiger partial charge is 0.271 e. The Labute approximate surface area is 149 Å². The second-order valence-electron chi connectivity index (χ2n) is 5.87. The molecule has 2 heterocycles. The van der Waals surface area contributed by atoms with Crippen LogP contribution in [0.3, 0.4) is 0 Å². The van der Waals surface area contributed by atoms with Crippen LogP contribution in [0.25, 0.3) is 15.7 Å². The van der Waals surface area contributed by atoms with Gasteiger partial charge in [0.2, 0.25) is 0 Å². The third-order valence-corrected chi connectivity index (χ3v) is 4.93. The lowest BCUT2D eigenvalue weighted by atomic mass is 10.1. The molecule has 6 heteroatoms. The highest BCUT2D eigenvalue weighted by Gasteiger charge is 2.11. The fourth-order valence-electron chi connectivity index (χ4n) is 2.86. The number of hydrogen-bond donors (Lipinski definition) is 2. The Balaban J connectivity index is 1.35. The normalized spacial score (nSPS) is 11.1. The van der Waals surface area contributed by atoms with Gasteiger partial charge in [0.15, 0.2) is 4.96 Å². The second kappa shape index (κ2) is 6.57. The van der Waals surface area contributed by atoms with Gasteiger partial charge in [-0.1, -0.05) is 36.4 Å². The molecule has 2 N–H and O–H groups in total. The van der Waals surface area contributed by atoms with Crippen LogP contribution in [0, 0.1) is 6.92 Å². The monoisotopic (exact) mass is 350 g/mol. The van der Waals surface area contributed by atoms with E-state index in [-0.39, 0.29) is 5.91 Å². The minimum atomic E-state index is -0.145. The molecule has 0 unspecified atom stereocenters. The molecule has 0 bridgehead atoms. The Morgan fingerprint density at radius 3 is 2.84 bits per heavy atom. The van der Waals surface area contributed by atoms with Crippen molar-refractivity contribution in [3.8, 4) is 0 Å². The van der Waals surface area contributed by atoms with Crippen molar-refractivity contribution >= 4 is 38.7 Å². The van der Waals surface area contributed by atoms with Crippen LogP contribution in [0.1, 0.15) is 15.4 Å². The molecular formula is C19H18N4OS. The van der Waals surface area contributed by atoms with Crippen molar-refractivity contribution < 1.29 is 4.79 Å². The van der Waals surface area contributed by atoms with E-state index < -0.39 is 0 Å². The van der Waals surface area contributed by atoms with Gasteiger partial charge in [0.25, 0.3) is 5.91 Å². The summed E-state index contributed by atoms with van der Waals surface area (Å²) in [7, 11) is 0. The molecule has 126 valence electrons. The average molecular weight is 350 g/mol. The van der Waals surface area contributed by atoms with Crippen LogP contribution in [-0.4, -0.2) is 28.4 Å². The number of thiazole rings is 1. The van der Waals surface area contributed by atoms with Gasteiger partial charge in [0, 0.05) is 41.4 Å². The summed E-state index contributed by atoms with van der Waals surface area (Å²) in [4.78, 5) is 18.6. The van der Waals surface area contributed by atoms with E-state index in [1.807, 2.05) is 35.7 Å². The number of anilines is 1. The molecule has 4 aromatic rings. The lowest BCUT2D eigenvalue weighted by Gasteiger charge is -2.10. The number of fused-ring (bicyclic) bond motifs is 2. The number of benzene rings is 2. The zero-order chi connectivity index (χ0) is 17.2. The Bertz CT molecular complexity index is 1010. The van der Waals surface area contributed by atoms with E-state index in [4.69, 9.17) is 0 Å². The third-order valence-electron chi connectivity index (χ3n) is 4.02. The SMILES string of the molecule is Cc1cn2cc(C(=O)NCCNc3cccc4ccccc34)nc2s1. The predicted octanol–water partition coefficient (Wildman–Crippen LogP) is 3.70. The van der Waals surface area contributed by atoms with Crippen LogP contribution in [0.15, 0.2) is 54.9 Å². The van der Waals surface area contributed by atoms with Crippen molar-refractivity contribution in [3.63, 3.8) is 0 Å². The first-order valence-electron chi connectivity index (χ1n) is 8.16. The fourth-order valence-corrected chi connectivity index (χ4v) is 3.67. The highest BCUT2D eigenvalue weighted by Crippen LogP contribution is 2.22. The summed E-state index contributed by atoms with van der Waals surface area (Å²) < 4.78 is 1.89. The van der Waals surface area contributed by atoms with Crippen molar-refractivity contribution in [1.82, 2.24) is 14.7 Å². The standard InChI is InChI=1S/C19H18N4OS/c1-13-11-23-12-17(22-19(23)25-13)18(24)21-10-9-20-16-8-4-6-14-5-2-3-7-15(14)16/h2-8,11-12,20H,9-10H2,1H3,(H,21,24). The molecule has 25 heavy (non-hydrogen) atoms. The highest BCUT2D eigenvalue weighted by atomic mass is 32.1. The van der Waals surface area contributed by atoms with Crippen molar-refractivity contribution in [2.45, 2.75) is 6.92 Å². The first kappa shape index (κ1) is 15.7.